The van der Waals surface area contributed by atoms with Crippen molar-refractivity contribution in [2.45, 2.75) is 97.9 Å². The molecule has 2 aromatic carbocycles. The summed E-state index contributed by atoms with van der Waals surface area (Å²) in [5.41, 5.74) is 6.75. The highest BCUT2D eigenvalue weighted by Gasteiger charge is 2.39. The number of anilines is 1. The third-order valence-corrected chi connectivity index (χ3v) is 6.60. The third-order valence-electron chi connectivity index (χ3n) is 6.60. The molecule has 4 amide bonds. The molecule has 0 fully saturated rings. The first-order chi connectivity index (χ1) is 19.2. The number of alkyl carbamates (subject to hydrolysis) is 1. The van der Waals surface area contributed by atoms with Crippen LogP contribution in [0, 0.1) is 12.8 Å². The van der Waals surface area contributed by atoms with Crippen LogP contribution in [0.15, 0.2) is 54.6 Å². The summed E-state index contributed by atoms with van der Waals surface area (Å²) < 4.78 is 5.41. The Morgan fingerprint density at radius 2 is 1.51 bits per heavy atom. The predicted octanol–water partition coefficient (Wildman–Crippen LogP) is 5.49. The Morgan fingerprint density at radius 3 is 2.07 bits per heavy atom. The van der Waals surface area contributed by atoms with Crippen LogP contribution in [0.4, 0.5) is 10.5 Å². The molecule has 0 aliphatic heterocycles. The van der Waals surface area contributed by atoms with E-state index in [1.54, 1.807) is 32.9 Å². The molecule has 41 heavy (non-hydrogen) atoms. The summed E-state index contributed by atoms with van der Waals surface area (Å²) in [6, 6.07) is 14.0. The smallest absolute Gasteiger partial charge is 0.408 e. The Hall–Kier alpha value is -3.88. The van der Waals surface area contributed by atoms with Gasteiger partial charge in [0.2, 0.25) is 11.8 Å². The maximum atomic E-state index is 14.4. The van der Waals surface area contributed by atoms with Crippen LogP contribution in [0.5, 0.6) is 0 Å². The molecule has 0 radical (unpaired) electrons. The molecule has 0 bridgehead atoms. The molecule has 224 valence electrons. The van der Waals surface area contributed by atoms with Crippen LogP contribution < -0.4 is 16.4 Å². The molecular weight excluding hydrogens is 520 g/mol. The first-order valence-corrected chi connectivity index (χ1v) is 14.2. The van der Waals surface area contributed by atoms with E-state index in [1.165, 1.54) is 4.90 Å². The number of ether oxygens (including phenoxy) is 1. The van der Waals surface area contributed by atoms with E-state index in [9.17, 15) is 19.2 Å². The van der Waals surface area contributed by atoms with Gasteiger partial charge < -0.3 is 26.0 Å². The zero-order valence-corrected chi connectivity index (χ0v) is 25.4. The summed E-state index contributed by atoms with van der Waals surface area (Å²) in [6.07, 6.45) is 0.472. The summed E-state index contributed by atoms with van der Waals surface area (Å²) in [6.45, 7) is 13.1. The van der Waals surface area contributed by atoms with Gasteiger partial charge in [-0.3, -0.25) is 14.4 Å². The van der Waals surface area contributed by atoms with Gasteiger partial charge in [0.05, 0.1) is 0 Å². The quantitative estimate of drug-likeness (QED) is 0.295. The van der Waals surface area contributed by atoms with E-state index in [-0.39, 0.29) is 24.8 Å². The fourth-order valence-electron chi connectivity index (χ4n) is 4.47. The summed E-state index contributed by atoms with van der Waals surface area (Å²) in [5, 5.41) is 5.65. The number of rotatable bonds is 13. The number of hydrogen-bond donors (Lipinski definition) is 3. The number of carbonyl (C=O) groups is 4. The molecule has 0 aliphatic rings. The first kappa shape index (κ1) is 33.3. The maximum Gasteiger partial charge on any atom is 0.408 e. The Kier molecular flexibility index (Phi) is 12.4. The van der Waals surface area contributed by atoms with Crippen LogP contribution in [0.25, 0.3) is 0 Å². The standard InChI is InChI=1S/C32H46N4O5/c1-21(2)17-18-23(4)36(30(39)26(19-20-27(33)37)35-31(40)41-32(5,6)7)28(24-14-9-8-10-15-24)29(38)34-25-16-12-11-13-22(25)3/h8-16,21,23,26,28H,17-20H2,1-7H3,(H2,33,37)(H,34,38)(H,35,40). The Balaban J connectivity index is 2.60. The minimum absolute atomic E-state index is 0.0399. The van der Waals surface area contributed by atoms with Crippen molar-refractivity contribution in [1.82, 2.24) is 10.2 Å². The molecular formula is C32H46N4O5. The highest BCUT2D eigenvalue weighted by Crippen LogP contribution is 2.29. The van der Waals surface area contributed by atoms with Crippen LogP contribution in [0.3, 0.4) is 0 Å². The van der Waals surface area contributed by atoms with E-state index in [0.29, 0.717) is 23.6 Å². The van der Waals surface area contributed by atoms with Gasteiger partial charge >= 0.3 is 6.09 Å². The van der Waals surface area contributed by atoms with E-state index in [0.717, 1.165) is 12.0 Å². The van der Waals surface area contributed by atoms with Crippen molar-refractivity contribution >= 4 is 29.5 Å². The highest BCUT2D eigenvalue weighted by atomic mass is 16.6. The number of aryl methyl sites for hydroxylation is 1. The summed E-state index contributed by atoms with van der Waals surface area (Å²) in [7, 11) is 0. The second-order valence-corrected chi connectivity index (χ2v) is 11.9. The lowest BCUT2D eigenvalue weighted by atomic mass is 9.96. The van der Waals surface area contributed by atoms with Crippen molar-refractivity contribution < 1.29 is 23.9 Å². The monoisotopic (exact) mass is 566 g/mol. The van der Waals surface area contributed by atoms with Gasteiger partial charge in [-0.2, -0.15) is 0 Å². The summed E-state index contributed by atoms with van der Waals surface area (Å²) in [5.74, 6) is -1.12. The number of nitrogens with two attached hydrogens (primary N) is 1. The zero-order chi connectivity index (χ0) is 30.7. The molecule has 0 heterocycles. The van der Waals surface area contributed by atoms with Crippen molar-refractivity contribution in [3.05, 3.63) is 65.7 Å². The van der Waals surface area contributed by atoms with Crippen molar-refractivity contribution in [3.8, 4) is 0 Å². The zero-order valence-electron chi connectivity index (χ0n) is 25.4. The first-order valence-electron chi connectivity index (χ1n) is 14.2. The normalized spacial score (nSPS) is 13.6. The molecule has 4 N–H and O–H groups in total. The van der Waals surface area contributed by atoms with Gasteiger partial charge in [-0.25, -0.2) is 4.79 Å². The number of amides is 4. The number of para-hydroxylation sites is 1. The van der Waals surface area contributed by atoms with Crippen molar-refractivity contribution in [2.24, 2.45) is 11.7 Å². The molecule has 9 nitrogen and oxygen atoms in total. The van der Waals surface area contributed by atoms with E-state index in [4.69, 9.17) is 10.5 Å². The van der Waals surface area contributed by atoms with Gasteiger partial charge in [0.1, 0.15) is 17.7 Å². The molecule has 0 spiro atoms. The van der Waals surface area contributed by atoms with Crippen LogP contribution in [-0.4, -0.2) is 46.4 Å². The molecule has 0 aliphatic carbocycles. The number of benzene rings is 2. The maximum absolute atomic E-state index is 14.4. The minimum atomic E-state index is -1.14. The van der Waals surface area contributed by atoms with Gasteiger partial charge in [0, 0.05) is 18.2 Å². The summed E-state index contributed by atoms with van der Waals surface area (Å²) in [4.78, 5) is 54.5. The fraction of sp³-hybridized carbons (Fsp3) is 0.500. The van der Waals surface area contributed by atoms with Gasteiger partial charge in [-0.15, -0.1) is 0 Å². The van der Waals surface area contributed by atoms with Crippen molar-refractivity contribution in [1.29, 1.82) is 0 Å². The molecule has 0 aromatic heterocycles. The van der Waals surface area contributed by atoms with Gasteiger partial charge in [-0.05, 0) is 77.0 Å². The SMILES string of the molecule is Cc1ccccc1NC(=O)C(c1ccccc1)N(C(=O)C(CCC(N)=O)NC(=O)OC(C)(C)C)C(C)CCC(C)C. The summed E-state index contributed by atoms with van der Waals surface area (Å²) >= 11 is 0. The average molecular weight is 567 g/mol. The topological polar surface area (TPSA) is 131 Å². The van der Waals surface area contributed by atoms with Crippen molar-refractivity contribution in [2.75, 3.05) is 5.32 Å². The molecule has 0 saturated heterocycles. The lowest BCUT2D eigenvalue weighted by Crippen LogP contribution is -2.55. The van der Waals surface area contributed by atoms with E-state index < -0.39 is 35.6 Å². The number of nitrogens with zero attached hydrogens (tertiary/aromatic N) is 1. The van der Waals surface area contributed by atoms with Crippen LogP contribution in [0.1, 0.15) is 84.4 Å². The fourth-order valence-corrected chi connectivity index (χ4v) is 4.47. The van der Waals surface area contributed by atoms with Gasteiger partial charge in [-0.1, -0.05) is 62.4 Å². The van der Waals surface area contributed by atoms with Gasteiger partial charge in [0.15, 0.2) is 0 Å². The largest absolute Gasteiger partial charge is 0.444 e. The molecule has 3 atom stereocenters. The average Bonchev–Trinajstić information content (AvgIpc) is 2.88. The molecule has 3 unspecified atom stereocenters. The Labute approximate surface area is 244 Å². The molecule has 0 saturated carbocycles. The molecule has 2 rings (SSSR count). The molecule has 9 heteroatoms. The second kappa shape index (κ2) is 15.2. The van der Waals surface area contributed by atoms with Crippen LogP contribution >= 0.6 is 0 Å². The highest BCUT2D eigenvalue weighted by molar-refractivity contribution is 5.99. The minimum Gasteiger partial charge on any atom is -0.444 e. The van der Waals surface area contributed by atoms with E-state index in [1.807, 2.05) is 56.3 Å². The lowest BCUT2D eigenvalue weighted by molar-refractivity contribution is -0.143. The van der Waals surface area contributed by atoms with Crippen LogP contribution in [-0.2, 0) is 19.1 Å². The van der Waals surface area contributed by atoms with Crippen molar-refractivity contribution in [3.63, 3.8) is 0 Å². The Morgan fingerprint density at radius 1 is 0.902 bits per heavy atom. The van der Waals surface area contributed by atoms with Crippen LogP contribution in [0.2, 0.25) is 0 Å². The second-order valence-electron chi connectivity index (χ2n) is 11.9. The van der Waals surface area contributed by atoms with Gasteiger partial charge in [0.25, 0.3) is 5.91 Å². The lowest BCUT2D eigenvalue weighted by Gasteiger charge is -2.39. The number of primary amides is 1. The molecule has 2 aromatic rings. The van der Waals surface area contributed by atoms with E-state index >= 15 is 0 Å². The Bertz CT molecular complexity index is 1180. The van der Waals surface area contributed by atoms with E-state index in [2.05, 4.69) is 24.5 Å². The number of hydrogen-bond acceptors (Lipinski definition) is 5. The third kappa shape index (κ3) is 10.9. The number of nitrogens with one attached hydrogen (secondary N) is 2. The number of carbonyl (C=O) groups excluding carboxylic acids is 4. The predicted molar refractivity (Wildman–Crippen MR) is 161 cm³/mol.